The number of rotatable bonds is 4. The van der Waals surface area contributed by atoms with Crippen molar-refractivity contribution in [2.75, 3.05) is 13.9 Å². The molecule has 0 amide bonds. The Hall–Kier alpha value is -1.55. The first kappa shape index (κ1) is 11.5. The first-order chi connectivity index (χ1) is 7.19. The van der Waals surface area contributed by atoms with Crippen molar-refractivity contribution in [3.63, 3.8) is 0 Å². The van der Waals surface area contributed by atoms with Gasteiger partial charge in [0.2, 0.25) is 0 Å². The van der Waals surface area contributed by atoms with Gasteiger partial charge in [0, 0.05) is 12.6 Å². The summed E-state index contributed by atoms with van der Waals surface area (Å²) < 4.78 is 9.78. The van der Waals surface area contributed by atoms with Crippen molar-refractivity contribution in [1.82, 2.24) is 0 Å². The van der Waals surface area contributed by atoms with Gasteiger partial charge < -0.3 is 19.5 Å². The van der Waals surface area contributed by atoms with Crippen LogP contribution in [0, 0.1) is 11.3 Å². The smallest absolute Gasteiger partial charge is 0.468 e. The number of hydrogen-bond acceptors (Lipinski definition) is 5. The third-order valence-corrected chi connectivity index (χ3v) is 1.77. The van der Waals surface area contributed by atoms with E-state index in [1.807, 2.05) is 6.07 Å². The fraction of sp³-hybridized carbons (Fsp3) is 0.222. The minimum atomic E-state index is -1.69. The van der Waals surface area contributed by atoms with E-state index >= 15 is 0 Å². The molecule has 1 aromatic carbocycles. The van der Waals surface area contributed by atoms with Crippen LogP contribution < -0.4 is 10.2 Å². The second-order valence-electron chi connectivity index (χ2n) is 2.79. The summed E-state index contributed by atoms with van der Waals surface area (Å²) in [6, 6.07) is 6.26. The standard InChI is InChI=1S/C9H10BNO4/c1-14-6-15-8-3-2-7(5-11)9(4-8)10(12)13/h2-4,12-13H,6H2,1H3. The topological polar surface area (TPSA) is 82.7 Å². The maximum atomic E-state index is 9.00. The Kier molecular flexibility index (Phi) is 4.12. The monoisotopic (exact) mass is 207 g/mol. The molecule has 5 nitrogen and oxygen atoms in total. The highest BCUT2D eigenvalue weighted by Crippen LogP contribution is 2.10. The normalized spacial score (nSPS) is 9.47. The van der Waals surface area contributed by atoms with Crippen LogP contribution >= 0.6 is 0 Å². The zero-order valence-electron chi connectivity index (χ0n) is 8.17. The molecule has 0 fully saturated rings. The highest BCUT2D eigenvalue weighted by atomic mass is 16.7. The number of methoxy groups -OCH3 is 1. The summed E-state index contributed by atoms with van der Waals surface area (Å²) in [6.45, 7) is 0.0624. The summed E-state index contributed by atoms with van der Waals surface area (Å²) in [6.07, 6.45) is 0. The number of benzene rings is 1. The molecule has 6 heteroatoms. The zero-order valence-corrected chi connectivity index (χ0v) is 8.17. The highest BCUT2D eigenvalue weighted by molar-refractivity contribution is 6.59. The van der Waals surface area contributed by atoms with E-state index in [0.29, 0.717) is 5.75 Å². The fourth-order valence-corrected chi connectivity index (χ4v) is 1.07. The second-order valence-corrected chi connectivity index (χ2v) is 2.79. The summed E-state index contributed by atoms with van der Waals surface area (Å²) in [5.41, 5.74) is 0.320. The SMILES string of the molecule is COCOc1ccc(C#N)c(B(O)O)c1. The minimum Gasteiger partial charge on any atom is -0.468 e. The van der Waals surface area contributed by atoms with E-state index < -0.39 is 7.12 Å². The van der Waals surface area contributed by atoms with E-state index in [2.05, 4.69) is 0 Å². The molecule has 0 radical (unpaired) electrons. The van der Waals surface area contributed by atoms with Gasteiger partial charge >= 0.3 is 7.12 Å². The summed E-state index contributed by atoms with van der Waals surface area (Å²) in [5, 5.41) is 26.7. The van der Waals surface area contributed by atoms with Crippen molar-refractivity contribution in [1.29, 1.82) is 5.26 Å². The van der Waals surface area contributed by atoms with Gasteiger partial charge in [0.25, 0.3) is 0 Å². The van der Waals surface area contributed by atoms with E-state index in [4.69, 9.17) is 24.8 Å². The number of nitrogens with zero attached hydrogens (tertiary/aromatic N) is 1. The molecular formula is C9H10BNO4. The number of nitriles is 1. The fourth-order valence-electron chi connectivity index (χ4n) is 1.07. The Bertz CT molecular complexity index is 375. The molecule has 0 aliphatic rings. The maximum absolute atomic E-state index is 9.00. The average molecular weight is 207 g/mol. The molecule has 0 unspecified atom stereocenters. The van der Waals surface area contributed by atoms with Gasteiger partial charge in [-0.15, -0.1) is 0 Å². The van der Waals surface area contributed by atoms with E-state index in [-0.39, 0.29) is 17.8 Å². The lowest BCUT2D eigenvalue weighted by Crippen LogP contribution is -2.32. The average Bonchev–Trinajstić information content (AvgIpc) is 2.25. The summed E-state index contributed by atoms with van der Waals surface area (Å²) >= 11 is 0. The van der Waals surface area contributed by atoms with Crippen LogP contribution in [0.5, 0.6) is 5.75 Å². The van der Waals surface area contributed by atoms with Gasteiger partial charge in [-0.25, -0.2) is 0 Å². The summed E-state index contributed by atoms with van der Waals surface area (Å²) in [5.74, 6) is 0.416. The van der Waals surface area contributed by atoms with E-state index in [1.165, 1.54) is 19.2 Å². The van der Waals surface area contributed by atoms with Gasteiger partial charge in [-0.2, -0.15) is 5.26 Å². The molecule has 1 rings (SSSR count). The summed E-state index contributed by atoms with van der Waals surface area (Å²) in [7, 11) is -0.211. The van der Waals surface area contributed by atoms with Crippen LogP contribution in [0.1, 0.15) is 5.56 Å². The van der Waals surface area contributed by atoms with Gasteiger partial charge in [-0.3, -0.25) is 0 Å². The van der Waals surface area contributed by atoms with Crippen molar-refractivity contribution in [2.24, 2.45) is 0 Å². The lowest BCUT2D eigenvalue weighted by atomic mass is 9.77. The van der Waals surface area contributed by atoms with Crippen molar-refractivity contribution in [3.05, 3.63) is 23.8 Å². The molecule has 0 aliphatic carbocycles. The molecule has 0 spiro atoms. The lowest BCUT2D eigenvalue weighted by molar-refractivity contribution is 0.0512. The van der Waals surface area contributed by atoms with Crippen LogP contribution in [0.25, 0.3) is 0 Å². The predicted molar refractivity (Wildman–Crippen MR) is 53.5 cm³/mol. The van der Waals surface area contributed by atoms with Gasteiger partial charge in [0.15, 0.2) is 6.79 Å². The summed E-state index contributed by atoms with van der Waals surface area (Å²) in [4.78, 5) is 0. The number of hydrogen-bond donors (Lipinski definition) is 2. The number of ether oxygens (including phenoxy) is 2. The van der Waals surface area contributed by atoms with Gasteiger partial charge in [0.1, 0.15) is 5.75 Å². The molecule has 0 aromatic heterocycles. The van der Waals surface area contributed by atoms with Crippen molar-refractivity contribution in [2.45, 2.75) is 0 Å². The van der Waals surface area contributed by atoms with Crippen molar-refractivity contribution in [3.8, 4) is 11.8 Å². The van der Waals surface area contributed by atoms with E-state index in [1.54, 1.807) is 6.07 Å². The van der Waals surface area contributed by atoms with E-state index in [9.17, 15) is 0 Å². The van der Waals surface area contributed by atoms with Gasteiger partial charge in [0.05, 0.1) is 11.6 Å². The molecule has 78 valence electrons. The molecule has 0 saturated carbocycles. The molecule has 0 bridgehead atoms. The lowest BCUT2D eigenvalue weighted by Gasteiger charge is -2.07. The maximum Gasteiger partial charge on any atom is 0.489 e. The van der Waals surface area contributed by atoms with Crippen LogP contribution in [0.4, 0.5) is 0 Å². The van der Waals surface area contributed by atoms with Crippen molar-refractivity contribution >= 4 is 12.6 Å². The quantitative estimate of drug-likeness (QED) is 0.499. The Balaban J connectivity index is 2.96. The predicted octanol–water partition coefficient (Wildman–Crippen LogP) is -0.779. The Morgan fingerprint density at radius 2 is 2.20 bits per heavy atom. The molecule has 2 N–H and O–H groups in total. The van der Waals surface area contributed by atoms with Crippen LogP contribution in [-0.4, -0.2) is 31.1 Å². The van der Waals surface area contributed by atoms with Crippen molar-refractivity contribution < 1.29 is 19.5 Å². The molecular weight excluding hydrogens is 197 g/mol. The molecule has 0 aliphatic heterocycles. The largest absolute Gasteiger partial charge is 0.489 e. The van der Waals surface area contributed by atoms with Crippen LogP contribution in [0.2, 0.25) is 0 Å². The Morgan fingerprint density at radius 1 is 1.47 bits per heavy atom. The molecule has 0 saturated heterocycles. The Labute approximate surface area is 87.6 Å². The molecule has 15 heavy (non-hydrogen) atoms. The first-order valence-electron chi connectivity index (χ1n) is 4.21. The second kappa shape index (κ2) is 5.36. The Morgan fingerprint density at radius 3 is 2.73 bits per heavy atom. The molecule has 0 atom stereocenters. The highest BCUT2D eigenvalue weighted by Gasteiger charge is 2.16. The van der Waals surface area contributed by atoms with Crippen LogP contribution in [0.3, 0.4) is 0 Å². The van der Waals surface area contributed by atoms with Gasteiger partial charge in [-0.05, 0) is 18.2 Å². The zero-order chi connectivity index (χ0) is 11.3. The third-order valence-electron chi connectivity index (χ3n) is 1.77. The third kappa shape index (κ3) is 2.96. The first-order valence-corrected chi connectivity index (χ1v) is 4.21. The minimum absolute atomic E-state index is 0.0624. The molecule has 1 aromatic rings. The van der Waals surface area contributed by atoms with Crippen LogP contribution in [0.15, 0.2) is 18.2 Å². The molecule has 0 heterocycles. The van der Waals surface area contributed by atoms with Crippen LogP contribution in [-0.2, 0) is 4.74 Å². The van der Waals surface area contributed by atoms with E-state index in [0.717, 1.165) is 0 Å². The van der Waals surface area contributed by atoms with Gasteiger partial charge in [-0.1, -0.05) is 0 Å².